The molecule has 4 nitrogen and oxygen atoms in total. The van der Waals surface area contributed by atoms with Crippen molar-refractivity contribution < 1.29 is 9.84 Å². The second kappa shape index (κ2) is 4.72. The number of nitrogens with zero attached hydrogens (tertiary/aromatic N) is 1. The maximum absolute atomic E-state index is 9.63. The summed E-state index contributed by atoms with van der Waals surface area (Å²) in [6, 6.07) is 8.10. The lowest BCUT2D eigenvalue weighted by Crippen LogP contribution is -2.31. The molecule has 1 saturated heterocycles. The Morgan fingerprint density at radius 1 is 1.38 bits per heavy atom. The van der Waals surface area contributed by atoms with Crippen molar-refractivity contribution in [3.63, 3.8) is 0 Å². The summed E-state index contributed by atoms with van der Waals surface area (Å²) in [5.74, 6) is 0. The Hall–Kier alpha value is -1.26. The van der Waals surface area contributed by atoms with E-state index in [1.165, 1.54) is 0 Å². The van der Waals surface area contributed by atoms with Gasteiger partial charge in [-0.3, -0.25) is 0 Å². The Morgan fingerprint density at radius 3 is 2.81 bits per heavy atom. The van der Waals surface area contributed by atoms with Crippen molar-refractivity contribution in [3.8, 4) is 0 Å². The molecule has 0 aliphatic carbocycles. The van der Waals surface area contributed by atoms with Crippen LogP contribution in [0.4, 0.5) is 11.4 Å². The first-order chi connectivity index (χ1) is 7.66. The molecule has 1 aromatic rings. The first-order valence-corrected chi connectivity index (χ1v) is 5.46. The second-order valence-electron chi connectivity index (χ2n) is 4.30. The van der Waals surface area contributed by atoms with E-state index in [0.29, 0.717) is 13.2 Å². The van der Waals surface area contributed by atoms with Gasteiger partial charge in [0.2, 0.25) is 0 Å². The van der Waals surface area contributed by atoms with Gasteiger partial charge in [0.05, 0.1) is 25.4 Å². The maximum atomic E-state index is 9.63. The Morgan fingerprint density at radius 2 is 2.19 bits per heavy atom. The molecule has 0 radical (unpaired) electrons. The fourth-order valence-electron chi connectivity index (χ4n) is 1.77. The average molecular weight is 222 g/mol. The summed E-state index contributed by atoms with van der Waals surface area (Å²) >= 11 is 0. The molecule has 0 saturated carbocycles. The number of rotatable bonds is 3. The molecule has 1 aliphatic rings. The van der Waals surface area contributed by atoms with E-state index in [1.54, 1.807) is 0 Å². The number of hydrogen-bond acceptors (Lipinski definition) is 4. The van der Waals surface area contributed by atoms with Crippen LogP contribution >= 0.6 is 0 Å². The summed E-state index contributed by atoms with van der Waals surface area (Å²) in [5, 5.41) is 12.9. The Labute approximate surface area is 95.8 Å². The molecular weight excluding hydrogens is 204 g/mol. The van der Waals surface area contributed by atoms with Crippen molar-refractivity contribution in [2.24, 2.45) is 0 Å². The highest BCUT2D eigenvalue weighted by Crippen LogP contribution is 2.19. The summed E-state index contributed by atoms with van der Waals surface area (Å²) in [4.78, 5) is 2.05. The van der Waals surface area contributed by atoms with E-state index in [2.05, 4.69) is 11.4 Å². The highest BCUT2D eigenvalue weighted by molar-refractivity contribution is 5.57. The van der Waals surface area contributed by atoms with Crippen LogP contribution in [0, 0.1) is 0 Å². The van der Waals surface area contributed by atoms with E-state index in [-0.39, 0.29) is 6.04 Å². The van der Waals surface area contributed by atoms with E-state index >= 15 is 0 Å². The fraction of sp³-hybridized carbons (Fsp3) is 0.500. The molecule has 1 aliphatic heterocycles. The minimum absolute atomic E-state index is 0.00240. The van der Waals surface area contributed by atoms with Crippen LogP contribution in [0.15, 0.2) is 24.3 Å². The van der Waals surface area contributed by atoms with Crippen LogP contribution in [-0.4, -0.2) is 44.6 Å². The Bertz CT molecular complexity index is 355. The molecule has 2 atom stereocenters. The van der Waals surface area contributed by atoms with Gasteiger partial charge < -0.3 is 20.1 Å². The van der Waals surface area contributed by atoms with Gasteiger partial charge in [-0.15, -0.1) is 0 Å². The highest BCUT2D eigenvalue weighted by Gasteiger charge is 2.25. The van der Waals surface area contributed by atoms with Gasteiger partial charge in [-0.2, -0.15) is 0 Å². The number of anilines is 2. The second-order valence-corrected chi connectivity index (χ2v) is 4.30. The lowest BCUT2D eigenvalue weighted by Gasteiger charge is -2.18. The van der Waals surface area contributed by atoms with Crippen LogP contribution in [0.2, 0.25) is 0 Å². The molecule has 0 spiro atoms. The van der Waals surface area contributed by atoms with Gasteiger partial charge in [0.25, 0.3) is 0 Å². The van der Waals surface area contributed by atoms with E-state index in [4.69, 9.17) is 4.74 Å². The van der Waals surface area contributed by atoms with E-state index < -0.39 is 6.10 Å². The van der Waals surface area contributed by atoms with Crippen LogP contribution in [0.3, 0.4) is 0 Å². The molecule has 2 unspecified atom stereocenters. The van der Waals surface area contributed by atoms with Crippen LogP contribution in [0.5, 0.6) is 0 Å². The Kier molecular flexibility index (Phi) is 3.31. The minimum atomic E-state index is -0.414. The Balaban J connectivity index is 2.06. The van der Waals surface area contributed by atoms with Crippen molar-refractivity contribution in [1.82, 2.24) is 0 Å². The zero-order chi connectivity index (χ0) is 11.5. The molecule has 1 heterocycles. The van der Waals surface area contributed by atoms with Crippen LogP contribution in [0.25, 0.3) is 0 Å². The fourth-order valence-corrected chi connectivity index (χ4v) is 1.77. The van der Waals surface area contributed by atoms with Gasteiger partial charge in [-0.05, 0) is 18.2 Å². The smallest absolute Gasteiger partial charge is 0.0996 e. The molecule has 0 amide bonds. The van der Waals surface area contributed by atoms with Gasteiger partial charge in [0.1, 0.15) is 0 Å². The topological polar surface area (TPSA) is 44.7 Å². The highest BCUT2D eigenvalue weighted by atomic mass is 16.5. The first-order valence-electron chi connectivity index (χ1n) is 5.46. The number of aliphatic hydroxyl groups excluding tert-OH is 1. The number of benzene rings is 1. The normalized spacial score (nSPS) is 24.4. The third kappa shape index (κ3) is 2.46. The average Bonchev–Trinajstić information content (AvgIpc) is 2.65. The molecule has 88 valence electrons. The van der Waals surface area contributed by atoms with Gasteiger partial charge >= 0.3 is 0 Å². The molecule has 2 N–H and O–H groups in total. The van der Waals surface area contributed by atoms with Gasteiger partial charge in [0.15, 0.2) is 0 Å². The predicted molar refractivity (Wildman–Crippen MR) is 65.0 cm³/mol. The van der Waals surface area contributed by atoms with Crippen LogP contribution in [0.1, 0.15) is 0 Å². The van der Waals surface area contributed by atoms with Gasteiger partial charge in [0, 0.05) is 25.5 Å². The third-order valence-electron chi connectivity index (χ3n) is 2.77. The molecule has 0 aromatic heterocycles. The zero-order valence-electron chi connectivity index (χ0n) is 9.68. The van der Waals surface area contributed by atoms with E-state index in [9.17, 15) is 5.11 Å². The maximum Gasteiger partial charge on any atom is 0.0996 e. The largest absolute Gasteiger partial charge is 0.388 e. The van der Waals surface area contributed by atoms with Crippen molar-refractivity contribution in [1.29, 1.82) is 0 Å². The molecular formula is C12H18N2O2. The third-order valence-corrected chi connectivity index (χ3v) is 2.77. The number of aliphatic hydroxyl groups is 1. The standard InChI is InChI=1S/C12H18N2O2/c1-14(2)10-5-3-4-9(6-10)13-11-7-16-8-12(11)15/h3-6,11-13,15H,7-8H2,1-2H3. The zero-order valence-corrected chi connectivity index (χ0v) is 9.68. The molecule has 16 heavy (non-hydrogen) atoms. The summed E-state index contributed by atoms with van der Waals surface area (Å²) < 4.78 is 5.20. The molecule has 0 bridgehead atoms. The lowest BCUT2D eigenvalue weighted by molar-refractivity contribution is 0.125. The van der Waals surface area contributed by atoms with Crippen LogP contribution in [-0.2, 0) is 4.74 Å². The van der Waals surface area contributed by atoms with Gasteiger partial charge in [-0.25, -0.2) is 0 Å². The van der Waals surface area contributed by atoms with Crippen molar-refractivity contribution in [3.05, 3.63) is 24.3 Å². The summed E-state index contributed by atoms with van der Waals surface area (Å²) in [6.45, 7) is 0.985. The predicted octanol–water partition coefficient (Wildman–Crippen LogP) is 0.924. The van der Waals surface area contributed by atoms with Crippen molar-refractivity contribution in [2.45, 2.75) is 12.1 Å². The van der Waals surface area contributed by atoms with E-state index in [1.807, 2.05) is 37.2 Å². The molecule has 1 aromatic carbocycles. The minimum Gasteiger partial charge on any atom is -0.388 e. The molecule has 4 heteroatoms. The van der Waals surface area contributed by atoms with E-state index in [0.717, 1.165) is 11.4 Å². The summed E-state index contributed by atoms with van der Waals surface area (Å²) in [5.41, 5.74) is 2.15. The van der Waals surface area contributed by atoms with Gasteiger partial charge in [-0.1, -0.05) is 6.07 Å². The van der Waals surface area contributed by atoms with Crippen LogP contribution < -0.4 is 10.2 Å². The summed E-state index contributed by atoms with van der Waals surface area (Å²) in [7, 11) is 4.01. The number of nitrogens with one attached hydrogen (secondary N) is 1. The van der Waals surface area contributed by atoms with Crippen molar-refractivity contribution in [2.75, 3.05) is 37.5 Å². The molecule has 2 rings (SSSR count). The monoisotopic (exact) mass is 222 g/mol. The first kappa shape index (κ1) is 11.2. The lowest BCUT2D eigenvalue weighted by atomic mass is 10.2. The van der Waals surface area contributed by atoms with Crippen molar-refractivity contribution >= 4 is 11.4 Å². The number of ether oxygens (including phenoxy) is 1. The quantitative estimate of drug-likeness (QED) is 0.798. The summed E-state index contributed by atoms with van der Waals surface area (Å²) in [6.07, 6.45) is -0.414. The molecule has 1 fully saturated rings. The number of hydrogen-bond donors (Lipinski definition) is 2. The SMILES string of the molecule is CN(C)c1cccc(NC2COCC2O)c1.